The van der Waals surface area contributed by atoms with Crippen molar-refractivity contribution in [3.8, 4) is 0 Å². The monoisotopic (exact) mass is 160 g/mol. The van der Waals surface area contributed by atoms with Crippen LogP contribution in [0.15, 0.2) is 0 Å². The molecule has 0 unspecified atom stereocenters. The molecule has 11 heavy (non-hydrogen) atoms. The van der Waals surface area contributed by atoms with E-state index >= 15 is 0 Å². The number of hydrazine groups is 1. The van der Waals surface area contributed by atoms with Gasteiger partial charge in [0, 0.05) is 6.54 Å². The summed E-state index contributed by atoms with van der Waals surface area (Å²) in [6.45, 7) is 2.70. The average molecular weight is 160 g/mol. The highest BCUT2D eigenvalue weighted by Gasteiger charge is 2.02. The highest BCUT2D eigenvalue weighted by atomic mass is 16.4. The Bertz CT molecular complexity index is 117. The zero-order chi connectivity index (χ0) is 8.69. The molecule has 66 valence electrons. The van der Waals surface area contributed by atoms with Crippen molar-refractivity contribution in [1.29, 1.82) is 0 Å². The number of nitrogens with zero attached hydrogens (tertiary/aromatic N) is 1. The third-order valence-electron chi connectivity index (χ3n) is 1.39. The van der Waals surface area contributed by atoms with Crippen LogP contribution in [0.5, 0.6) is 0 Å². The molecule has 0 aliphatic rings. The SMILES string of the molecule is CCCCCN(N)CC(=O)O. The van der Waals surface area contributed by atoms with Crippen molar-refractivity contribution in [1.82, 2.24) is 5.01 Å². The van der Waals surface area contributed by atoms with Gasteiger partial charge in [-0.2, -0.15) is 0 Å². The number of carboxylic acid groups (broad SMARTS) is 1. The number of hydrogen-bond donors (Lipinski definition) is 2. The summed E-state index contributed by atoms with van der Waals surface area (Å²) in [4.78, 5) is 10.1. The summed E-state index contributed by atoms with van der Waals surface area (Å²) in [6, 6.07) is 0. The molecule has 0 aromatic heterocycles. The zero-order valence-corrected chi connectivity index (χ0v) is 6.92. The molecule has 0 bridgehead atoms. The minimum absolute atomic E-state index is 0.0658. The molecule has 3 N–H and O–H groups in total. The molecule has 0 aromatic rings. The Kier molecular flexibility index (Phi) is 5.78. The lowest BCUT2D eigenvalue weighted by atomic mass is 10.2. The summed E-state index contributed by atoms with van der Waals surface area (Å²) in [5, 5.41) is 9.65. The first-order valence-corrected chi connectivity index (χ1v) is 3.88. The van der Waals surface area contributed by atoms with E-state index in [0.29, 0.717) is 6.54 Å². The molecule has 4 nitrogen and oxygen atoms in total. The average Bonchev–Trinajstić information content (AvgIpc) is 1.86. The normalized spacial score (nSPS) is 10.5. The van der Waals surface area contributed by atoms with E-state index in [1.807, 2.05) is 0 Å². The van der Waals surface area contributed by atoms with E-state index in [2.05, 4.69) is 6.92 Å². The Hall–Kier alpha value is -0.610. The molecule has 0 aliphatic heterocycles. The second-order valence-corrected chi connectivity index (χ2v) is 2.57. The van der Waals surface area contributed by atoms with Crippen molar-refractivity contribution >= 4 is 5.97 Å². The largest absolute Gasteiger partial charge is 0.480 e. The smallest absolute Gasteiger partial charge is 0.319 e. The molecule has 0 amide bonds. The van der Waals surface area contributed by atoms with Gasteiger partial charge in [-0.3, -0.25) is 10.6 Å². The topological polar surface area (TPSA) is 66.6 Å². The fourth-order valence-corrected chi connectivity index (χ4v) is 0.818. The van der Waals surface area contributed by atoms with Crippen LogP contribution in [0, 0.1) is 0 Å². The van der Waals surface area contributed by atoms with Gasteiger partial charge in [-0.25, -0.2) is 5.01 Å². The van der Waals surface area contributed by atoms with Crippen molar-refractivity contribution in [2.45, 2.75) is 26.2 Å². The maximum Gasteiger partial charge on any atom is 0.319 e. The number of unbranched alkanes of at least 4 members (excludes halogenated alkanes) is 2. The Labute approximate surface area is 67.0 Å². The van der Waals surface area contributed by atoms with Crippen LogP contribution < -0.4 is 5.84 Å². The Morgan fingerprint density at radius 2 is 2.18 bits per heavy atom. The van der Waals surface area contributed by atoms with Crippen LogP contribution in [-0.2, 0) is 4.79 Å². The quantitative estimate of drug-likeness (QED) is 0.336. The minimum atomic E-state index is -0.871. The lowest BCUT2D eigenvalue weighted by Gasteiger charge is -2.12. The van der Waals surface area contributed by atoms with Crippen LogP contribution in [0.25, 0.3) is 0 Å². The van der Waals surface area contributed by atoms with Gasteiger partial charge in [0.05, 0.1) is 0 Å². The number of nitrogens with two attached hydrogens (primary N) is 1. The fourth-order valence-electron chi connectivity index (χ4n) is 0.818. The second-order valence-electron chi connectivity index (χ2n) is 2.57. The van der Waals surface area contributed by atoms with Gasteiger partial charge in [-0.1, -0.05) is 19.8 Å². The van der Waals surface area contributed by atoms with Gasteiger partial charge < -0.3 is 5.11 Å². The summed E-state index contributed by atoms with van der Waals surface area (Å²) < 4.78 is 0. The molecule has 0 fully saturated rings. The van der Waals surface area contributed by atoms with E-state index in [-0.39, 0.29) is 6.54 Å². The van der Waals surface area contributed by atoms with Gasteiger partial charge in [0.25, 0.3) is 0 Å². The number of aliphatic carboxylic acids is 1. The maximum atomic E-state index is 10.1. The molecule has 0 spiro atoms. The number of rotatable bonds is 6. The van der Waals surface area contributed by atoms with Crippen LogP contribution in [0.3, 0.4) is 0 Å². The lowest BCUT2D eigenvalue weighted by Crippen LogP contribution is -2.36. The zero-order valence-electron chi connectivity index (χ0n) is 6.92. The van der Waals surface area contributed by atoms with Gasteiger partial charge in [-0.05, 0) is 6.42 Å². The molecule has 0 aromatic carbocycles. The first-order chi connectivity index (χ1) is 5.16. The van der Waals surface area contributed by atoms with Crippen molar-refractivity contribution in [2.75, 3.05) is 13.1 Å². The van der Waals surface area contributed by atoms with Crippen LogP contribution in [0.1, 0.15) is 26.2 Å². The van der Waals surface area contributed by atoms with Crippen LogP contribution in [0.2, 0.25) is 0 Å². The van der Waals surface area contributed by atoms with Crippen molar-refractivity contribution in [3.63, 3.8) is 0 Å². The molecule has 0 aliphatic carbocycles. The van der Waals surface area contributed by atoms with Crippen molar-refractivity contribution < 1.29 is 9.90 Å². The van der Waals surface area contributed by atoms with Gasteiger partial charge >= 0.3 is 5.97 Å². The molecular weight excluding hydrogens is 144 g/mol. The second kappa shape index (κ2) is 6.12. The molecule has 0 radical (unpaired) electrons. The summed E-state index contributed by atoms with van der Waals surface area (Å²) in [5.41, 5.74) is 0. The van der Waals surface area contributed by atoms with Gasteiger partial charge in [0.1, 0.15) is 6.54 Å². The molecule has 0 atom stereocenters. The maximum absolute atomic E-state index is 10.1. The van der Waals surface area contributed by atoms with Gasteiger partial charge in [0.2, 0.25) is 0 Å². The van der Waals surface area contributed by atoms with Crippen LogP contribution >= 0.6 is 0 Å². The Balaban J connectivity index is 3.22. The highest BCUT2D eigenvalue weighted by molar-refractivity contribution is 5.68. The van der Waals surface area contributed by atoms with E-state index in [9.17, 15) is 4.79 Å². The molecular formula is C7H16N2O2. The van der Waals surface area contributed by atoms with E-state index in [1.54, 1.807) is 0 Å². The molecule has 0 heterocycles. The Morgan fingerprint density at radius 1 is 1.55 bits per heavy atom. The van der Waals surface area contributed by atoms with Gasteiger partial charge in [0.15, 0.2) is 0 Å². The van der Waals surface area contributed by atoms with Crippen LogP contribution in [0.4, 0.5) is 0 Å². The van der Waals surface area contributed by atoms with E-state index in [1.165, 1.54) is 5.01 Å². The van der Waals surface area contributed by atoms with Crippen LogP contribution in [-0.4, -0.2) is 29.2 Å². The summed E-state index contributed by atoms with van der Waals surface area (Å²) in [5.74, 6) is 4.50. The molecule has 0 saturated carbocycles. The standard InChI is InChI=1S/C7H16N2O2/c1-2-3-4-5-9(8)6-7(10)11/h2-6,8H2,1H3,(H,10,11). The summed E-state index contributed by atoms with van der Waals surface area (Å²) in [7, 11) is 0. The lowest BCUT2D eigenvalue weighted by molar-refractivity contribution is -0.138. The molecule has 4 heteroatoms. The molecule has 0 saturated heterocycles. The number of carboxylic acids is 1. The van der Waals surface area contributed by atoms with Gasteiger partial charge in [-0.15, -0.1) is 0 Å². The van der Waals surface area contributed by atoms with E-state index < -0.39 is 5.97 Å². The highest BCUT2D eigenvalue weighted by Crippen LogP contribution is 1.94. The van der Waals surface area contributed by atoms with Crippen molar-refractivity contribution in [2.24, 2.45) is 5.84 Å². The number of carbonyl (C=O) groups is 1. The minimum Gasteiger partial charge on any atom is -0.480 e. The summed E-state index contributed by atoms with van der Waals surface area (Å²) >= 11 is 0. The first-order valence-electron chi connectivity index (χ1n) is 3.88. The molecule has 0 rings (SSSR count). The summed E-state index contributed by atoms with van der Waals surface area (Å²) in [6.07, 6.45) is 3.20. The number of hydrogen-bond acceptors (Lipinski definition) is 3. The predicted octanol–water partition coefficient (Wildman–Crippen LogP) is 0.437. The van der Waals surface area contributed by atoms with E-state index in [4.69, 9.17) is 10.9 Å². The first kappa shape index (κ1) is 10.4. The third kappa shape index (κ3) is 7.29. The van der Waals surface area contributed by atoms with Crippen molar-refractivity contribution in [3.05, 3.63) is 0 Å². The van der Waals surface area contributed by atoms with E-state index in [0.717, 1.165) is 19.3 Å². The fraction of sp³-hybridized carbons (Fsp3) is 0.857. The predicted molar refractivity (Wildman–Crippen MR) is 42.9 cm³/mol. The Morgan fingerprint density at radius 3 is 2.64 bits per heavy atom. The third-order valence-corrected chi connectivity index (χ3v) is 1.39.